The Morgan fingerprint density at radius 1 is 1.02 bits per heavy atom. The molecule has 7 heterocycles. The van der Waals surface area contributed by atoms with Crippen molar-refractivity contribution in [2.45, 2.75) is 82.9 Å². The summed E-state index contributed by atoms with van der Waals surface area (Å²) in [5.41, 5.74) is 11.3. The highest BCUT2D eigenvalue weighted by molar-refractivity contribution is 8.09. The number of benzene rings is 1. The van der Waals surface area contributed by atoms with Gasteiger partial charge in [-0.1, -0.05) is 37.7 Å². The molecule has 3 aromatic rings. The highest BCUT2D eigenvalue weighted by Crippen LogP contribution is 2.47. The van der Waals surface area contributed by atoms with E-state index in [1.807, 2.05) is 34.9 Å². The van der Waals surface area contributed by atoms with Gasteiger partial charge < -0.3 is 31.2 Å². The zero-order valence-electron chi connectivity index (χ0n) is 36.7. The fourth-order valence-corrected chi connectivity index (χ4v) is 11.3. The van der Waals surface area contributed by atoms with E-state index in [2.05, 4.69) is 42.8 Å². The Labute approximate surface area is 382 Å². The third-order valence-corrected chi connectivity index (χ3v) is 15.2. The van der Waals surface area contributed by atoms with Crippen LogP contribution in [-0.4, -0.2) is 111 Å². The van der Waals surface area contributed by atoms with Crippen LogP contribution in [0.15, 0.2) is 48.8 Å². The second-order valence-electron chi connectivity index (χ2n) is 17.6. The zero-order valence-corrected chi connectivity index (χ0v) is 38.3. The van der Waals surface area contributed by atoms with Crippen molar-refractivity contribution in [2.24, 2.45) is 17.3 Å². The summed E-state index contributed by atoms with van der Waals surface area (Å²) in [7, 11) is 1.77. The molecule has 4 saturated heterocycles. The van der Waals surface area contributed by atoms with Crippen molar-refractivity contribution in [3.63, 3.8) is 0 Å². The van der Waals surface area contributed by atoms with Crippen LogP contribution >= 0.6 is 24.0 Å². The van der Waals surface area contributed by atoms with Crippen LogP contribution in [0, 0.1) is 23.1 Å². The summed E-state index contributed by atoms with van der Waals surface area (Å²) >= 11 is 2.73. The minimum Gasteiger partial charge on any atom is -0.371 e. The summed E-state index contributed by atoms with van der Waals surface area (Å²) in [5, 5.41) is 5.99. The van der Waals surface area contributed by atoms with Crippen molar-refractivity contribution in [3.8, 4) is 0 Å². The smallest absolute Gasteiger partial charge is 0.234 e. The van der Waals surface area contributed by atoms with Gasteiger partial charge in [0.15, 0.2) is 5.82 Å². The number of anilines is 3. The van der Waals surface area contributed by atoms with E-state index in [-0.39, 0.29) is 52.7 Å². The fourth-order valence-electron chi connectivity index (χ4n) is 9.36. The molecule has 2 unspecified atom stereocenters. The number of hydrogen-bond acceptors (Lipinski definition) is 15. The van der Waals surface area contributed by atoms with Crippen molar-refractivity contribution >= 4 is 75.7 Å². The molecule has 2 aromatic heterocycles. The minimum atomic E-state index is -0.543. The molecule has 0 spiro atoms. The van der Waals surface area contributed by atoms with Gasteiger partial charge in [0.25, 0.3) is 0 Å². The maximum atomic E-state index is 16.3. The van der Waals surface area contributed by atoms with Gasteiger partial charge in [-0.05, 0) is 87.1 Å². The molecular weight excluding hydrogens is 858 g/mol. The maximum Gasteiger partial charge on any atom is 0.234 e. The SMILES string of the molecule is CCCOSN(C)Nc1cccc(C2=C(c3ccnc(N)n3)SC(C3CCN(C(=O)C4(C)CCN(C(=O)C5CCN(c6ccc(C7CCC(=O)NC7=O)cn6)CC5)CC4)CC3)N2)c1F. The van der Waals surface area contributed by atoms with Crippen LogP contribution in [0.3, 0.4) is 0 Å². The summed E-state index contributed by atoms with van der Waals surface area (Å²) in [6.07, 6.45) is 9.27. The van der Waals surface area contributed by atoms with Gasteiger partial charge in [0, 0.05) is 82.0 Å². The lowest BCUT2D eigenvalue weighted by Crippen LogP contribution is -2.53. The van der Waals surface area contributed by atoms with Gasteiger partial charge in [-0.15, -0.1) is 4.41 Å². The number of pyridine rings is 1. The Bertz CT molecular complexity index is 2230. The van der Waals surface area contributed by atoms with Crippen LogP contribution in [0.1, 0.15) is 94.4 Å². The predicted molar refractivity (Wildman–Crippen MR) is 247 cm³/mol. The second-order valence-corrected chi connectivity index (χ2v) is 19.7. The van der Waals surface area contributed by atoms with E-state index in [4.69, 9.17) is 9.92 Å². The molecule has 64 heavy (non-hydrogen) atoms. The quantitative estimate of drug-likeness (QED) is 0.0542. The van der Waals surface area contributed by atoms with Crippen LogP contribution in [0.2, 0.25) is 0 Å². The van der Waals surface area contributed by atoms with Crippen LogP contribution in [0.25, 0.3) is 10.6 Å². The summed E-state index contributed by atoms with van der Waals surface area (Å²) in [4.78, 5) is 72.0. The van der Waals surface area contributed by atoms with Gasteiger partial charge in [0.2, 0.25) is 29.6 Å². The number of carbonyl (C=O) groups is 4. The number of nitrogens with zero attached hydrogens (tertiary/aromatic N) is 7. The van der Waals surface area contributed by atoms with Gasteiger partial charge in [0.05, 0.1) is 39.9 Å². The number of piperidine rings is 4. The van der Waals surface area contributed by atoms with E-state index < -0.39 is 11.2 Å². The normalized spacial score (nSPS) is 22.2. The van der Waals surface area contributed by atoms with Gasteiger partial charge >= 0.3 is 0 Å². The Hall–Kier alpha value is -4.98. The number of hydrogen-bond donors (Lipinski definition) is 4. The number of thioether (sulfide) groups is 1. The lowest BCUT2D eigenvalue weighted by atomic mass is 9.78. The second kappa shape index (κ2) is 20.0. The Morgan fingerprint density at radius 3 is 2.47 bits per heavy atom. The number of nitrogens with two attached hydrogens (primary N) is 1. The van der Waals surface area contributed by atoms with Gasteiger partial charge in [-0.25, -0.2) is 19.3 Å². The number of nitrogen functional groups attached to an aromatic ring is 1. The van der Waals surface area contributed by atoms with Crippen LogP contribution in [0.5, 0.6) is 0 Å². The first-order valence-corrected chi connectivity index (χ1v) is 24.0. The third-order valence-electron chi connectivity index (χ3n) is 13.2. The molecule has 5 aliphatic heterocycles. The largest absolute Gasteiger partial charge is 0.371 e. The third kappa shape index (κ3) is 10.1. The molecule has 342 valence electrons. The zero-order chi connectivity index (χ0) is 45.0. The highest BCUT2D eigenvalue weighted by Gasteiger charge is 2.44. The van der Waals surface area contributed by atoms with Crippen molar-refractivity contribution in [1.29, 1.82) is 0 Å². The van der Waals surface area contributed by atoms with Gasteiger partial charge in [-0.3, -0.25) is 28.7 Å². The molecule has 5 aliphatic rings. The molecule has 5 N–H and O–H groups in total. The number of likely N-dealkylation sites (tertiary alicyclic amines) is 2. The van der Waals surface area contributed by atoms with Crippen molar-refractivity contribution in [1.82, 2.24) is 39.8 Å². The first kappa shape index (κ1) is 45.6. The monoisotopic (exact) mass is 915 g/mol. The molecule has 4 amide bonds. The number of hydrazine groups is 1. The first-order chi connectivity index (χ1) is 30.9. The van der Waals surface area contributed by atoms with Crippen LogP contribution in [0.4, 0.5) is 21.8 Å². The number of carbonyl (C=O) groups excluding carboxylic acids is 4. The molecule has 2 atom stereocenters. The van der Waals surface area contributed by atoms with Crippen LogP contribution in [-0.2, 0) is 23.4 Å². The lowest BCUT2D eigenvalue weighted by Gasteiger charge is -2.44. The Kier molecular flexibility index (Phi) is 14.3. The number of aromatic nitrogens is 3. The predicted octanol–water partition coefficient (Wildman–Crippen LogP) is 5.63. The van der Waals surface area contributed by atoms with Crippen molar-refractivity contribution in [2.75, 3.05) is 69.0 Å². The average Bonchev–Trinajstić information content (AvgIpc) is 3.75. The lowest BCUT2D eigenvalue weighted by molar-refractivity contribution is -0.149. The van der Waals surface area contributed by atoms with E-state index >= 15 is 4.39 Å². The molecular formula is C45H58FN11O5S2. The molecule has 19 heteroatoms. The van der Waals surface area contributed by atoms with E-state index in [9.17, 15) is 19.2 Å². The van der Waals surface area contributed by atoms with Gasteiger partial charge in [-0.2, -0.15) is 0 Å². The van der Waals surface area contributed by atoms with Crippen LogP contribution < -0.4 is 26.7 Å². The average molecular weight is 916 g/mol. The number of halogens is 1. The van der Waals surface area contributed by atoms with E-state index in [1.54, 1.807) is 53.8 Å². The van der Waals surface area contributed by atoms with Crippen molar-refractivity contribution < 1.29 is 27.8 Å². The van der Waals surface area contributed by atoms with E-state index in [0.29, 0.717) is 94.2 Å². The van der Waals surface area contributed by atoms with E-state index in [1.165, 1.54) is 0 Å². The molecule has 0 aliphatic carbocycles. The van der Waals surface area contributed by atoms with Gasteiger partial charge in [0.1, 0.15) is 18.0 Å². The number of nitrogens with one attached hydrogen (secondary N) is 3. The number of rotatable bonds is 13. The standard InChI is InChI=1S/C45H58FN11O5S2/c1-4-26-62-64-54(3)53-33-7-5-6-32(37(33)46)38-39(34-12-19-48-44(47)50-34)63-41(52-38)28-13-22-57(23-14-28)43(61)45(2)17-24-56(25-18-45)42(60)29-15-20-55(21-16-29)35-10-8-30(27-49-35)31-9-11-36(58)51-40(31)59/h5-8,10,12,19,27-29,31,41,52-53H,4,9,11,13-18,20-26H2,1-3H3,(H2,47,48,50)(H,51,58,59). The molecule has 16 nitrogen and oxygen atoms in total. The molecule has 0 saturated carbocycles. The topological polar surface area (TPSA) is 191 Å². The Morgan fingerprint density at radius 2 is 1.78 bits per heavy atom. The summed E-state index contributed by atoms with van der Waals surface area (Å²) in [6.45, 7) is 8.43. The molecule has 0 bridgehead atoms. The first-order valence-electron chi connectivity index (χ1n) is 22.4. The summed E-state index contributed by atoms with van der Waals surface area (Å²) < 4.78 is 23.5. The summed E-state index contributed by atoms with van der Waals surface area (Å²) in [5.74, 6) is 0.112. The molecule has 1 aromatic carbocycles. The number of amides is 4. The molecule has 0 radical (unpaired) electrons. The number of imide groups is 1. The Balaban J connectivity index is 0.826. The highest BCUT2D eigenvalue weighted by atomic mass is 32.2. The minimum absolute atomic E-state index is 0.0734. The van der Waals surface area contributed by atoms with Crippen molar-refractivity contribution in [3.05, 3.63) is 71.4 Å². The molecule has 4 fully saturated rings. The van der Waals surface area contributed by atoms with E-state index in [0.717, 1.165) is 60.6 Å². The fraction of sp³-hybridized carbons (Fsp3) is 0.533. The molecule has 8 rings (SSSR count). The maximum absolute atomic E-state index is 16.3. The summed E-state index contributed by atoms with van der Waals surface area (Å²) in [6, 6.07) is 10.9.